The highest BCUT2D eigenvalue weighted by molar-refractivity contribution is 5.92. The molecule has 36 heavy (non-hydrogen) atoms. The van der Waals surface area contributed by atoms with E-state index in [1.54, 1.807) is 24.0 Å². The average molecular weight is 485 g/mol. The van der Waals surface area contributed by atoms with Gasteiger partial charge in [0.25, 0.3) is 5.91 Å². The number of hydrogen-bond donors (Lipinski definition) is 2. The zero-order valence-electron chi connectivity index (χ0n) is 20.4. The number of carboxylic acid groups (broad SMARTS) is 1. The normalized spacial score (nSPS) is 17.6. The third-order valence-electron chi connectivity index (χ3n) is 7.53. The monoisotopic (exact) mass is 484 g/mol. The highest BCUT2D eigenvalue weighted by Crippen LogP contribution is 2.40. The van der Waals surface area contributed by atoms with Gasteiger partial charge >= 0.3 is 6.09 Å². The molecule has 0 spiro atoms. The van der Waals surface area contributed by atoms with Gasteiger partial charge in [0.05, 0.1) is 6.04 Å². The summed E-state index contributed by atoms with van der Waals surface area (Å²) in [5, 5.41) is 15.3. The van der Waals surface area contributed by atoms with Crippen LogP contribution in [-0.2, 0) is 20.0 Å². The van der Waals surface area contributed by atoms with Gasteiger partial charge in [0.15, 0.2) is 0 Å². The number of carbonyl (C=O) groups excluding carboxylic acids is 1. The number of aromatic amines is 1. The number of H-pyrrole nitrogens is 1. The number of rotatable bonds is 3. The number of nitrogens with zero attached hydrogens (tertiary/aromatic N) is 5. The van der Waals surface area contributed by atoms with Crippen molar-refractivity contribution in [1.82, 2.24) is 29.5 Å². The highest BCUT2D eigenvalue weighted by atomic mass is 16.4. The van der Waals surface area contributed by atoms with E-state index in [2.05, 4.69) is 40.2 Å². The first kappa shape index (κ1) is 22.3. The summed E-state index contributed by atoms with van der Waals surface area (Å²) < 4.78 is 1.63. The van der Waals surface area contributed by atoms with Crippen LogP contribution >= 0.6 is 0 Å². The van der Waals surface area contributed by atoms with Gasteiger partial charge in [-0.25, -0.2) is 9.78 Å². The van der Waals surface area contributed by atoms with Crippen molar-refractivity contribution in [3.8, 4) is 11.1 Å². The molecule has 1 aromatic carbocycles. The van der Waals surface area contributed by atoms with Crippen molar-refractivity contribution in [2.24, 2.45) is 7.05 Å². The minimum absolute atomic E-state index is 0.102. The quantitative estimate of drug-likeness (QED) is 0.451. The van der Waals surface area contributed by atoms with Gasteiger partial charge in [-0.05, 0) is 72.2 Å². The molecule has 6 rings (SSSR count). The van der Waals surface area contributed by atoms with Crippen LogP contribution in [0.4, 0.5) is 4.79 Å². The Morgan fingerprint density at radius 2 is 2.03 bits per heavy atom. The number of nitrogens with one attached hydrogen (secondary N) is 1. The van der Waals surface area contributed by atoms with Gasteiger partial charge in [-0.2, -0.15) is 5.10 Å². The number of benzene rings is 1. The van der Waals surface area contributed by atoms with E-state index in [1.165, 1.54) is 4.90 Å². The van der Waals surface area contributed by atoms with Gasteiger partial charge in [-0.15, -0.1) is 0 Å². The molecule has 9 heteroatoms. The second-order valence-corrected chi connectivity index (χ2v) is 9.78. The fraction of sp³-hybridized carbons (Fsp3) is 0.333. The second-order valence-electron chi connectivity index (χ2n) is 9.78. The molecule has 0 bridgehead atoms. The fourth-order valence-electron chi connectivity index (χ4n) is 5.64. The molecule has 0 radical (unpaired) electrons. The van der Waals surface area contributed by atoms with E-state index >= 15 is 0 Å². The van der Waals surface area contributed by atoms with Gasteiger partial charge in [0.2, 0.25) is 0 Å². The molecule has 0 aliphatic carbocycles. The molecule has 2 N–H and O–H groups in total. The SMILES string of the molecule is Cc1c[nH]c2ncc(-c3cc4c(c([C@@H]5CCCN5C(=O)O)c3)CN(C(=O)c3ccn(C)n3)CC4)cc12. The van der Waals surface area contributed by atoms with Crippen LogP contribution in [0.1, 0.15) is 51.6 Å². The Morgan fingerprint density at radius 1 is 1.17 bits per heavy atom. The summed E-state index contributed by atoms with van der Waals surface area (Å²) in [7, 11) is 1.80. The number of likely N-dealkylation sites (tertiary alicyclic amines) is 1. The summed E-state index contributed by atoms with van der Waals surface area (Å²) in [6.07, 6.45) is 6.98. The van der Waals surface area contributed by atoms with Crippen LogP contribution in [0.5, 0.6) is 0 Å². The second kappa shape index (κ2) is 8.51. The Hall–Kier alpha value is -4.14. The Balaban J connectivity index is 1.44. The predicted molar refractivity (Wildman–Crippen MR) is 135 cm³/mol. The minimum Gasteiger partial charge on any atom is -0.465 e. The molecule has 2 amide bonds. The molecule has 3 aromatic heterocycles. The number of aryl methyl sites for hydroxylation is 2. The van der Waals surface area contributed by atoms with E-state index < -0.39 is 6.09 Å². The largest absolute Gasteiger partial charge is 0.465 e. The lowest BCUT2D eigenvalue weighted by molar-refractivity contribution is 0.0725. The summed E-state index contributed by atoms with van der Waals surface area (Å²) in [6.45, 7) is 3.61. The van der Waals surface area contributed by atoms with Gasteiger partial charge in [-0.1, -0.05) is 6.07 Å². The first-order chi connectivity index (χ1) is 17.4. The topological polar surface area (TPSA) is 107 Å². The Kier molecular flexibility index (Phi) is 5.28. The molecule has 2 aliphatic heterocycles. The lowest BCUT2D eigenvalue weighted by Gasteiger charge is -2.33. The molecular weight excluding hydrogens is 456 g/mol. The molecule has 1 atom stereocenters. The summed E-state index contributed by atoms with van der Waals surface area (Å²) in [4.78, 5) is 36.4. The standard InChI is InChI=1S/C27H28N6O3/c1-16-13-28-25-20(16)12-19(14-29-25)18-10-17-5-9-32(26(34)23-6-8-31(2)30-23)15-22(17)21(11-18)24-4-3-7-33(24)27(35)36/h6,8,10-14,24H,3-5,7,9,15H2,1-2H3,(H,28,29)(H,35,36)/t24-/m0/s1. The number of aromatic nitrogens is 4. The van der Waals surface area contributed by atoms with Crippen molar-refractivity contribution in [2.45, 2.75) is 38.8 Å². The minimum atomic E-state index is -0.903. The lowest BCUT2D eigenvalue weighted by atomic mass is 9.86. The van der Waals surface area contributed by atoms with Crippen molar-refractivity contribution >= 4 is 23.0 Å². The number of amides is 2. The number of hydrogen-bond acceptors (Lipinski definition) is 4. The summed E-state index contributed by atoms with van der Waals surface area (Å²) in [5.74, 6) is -0.102. The molecule has 2 aliphatic rings. The van der Waals surface area contributed by atoms with Crippen LogP contribution < -0.4 is 0 Å². The van der Waals surface area contributed by atoms with E-state index in [-0.39, 0.29) is 11.9 Å². The molecule has 0 unspecified atom stereocenters. The zero-order valence-corrected chi connectivity index (χ0v) is 20.4. The third kappa shape index (κ3) is 3.71. The number of fused-ring (bicyclic) bond motifs is 2. The van der Waals surface area contributed by atoms with Gasteiger partial charge in [0, 0.05) is 56.2 Å². The zero-order chi connectivity index (χ0) is 25.0. The fourth-order valence-corrected chi connectivity index (χ4v) is 5.64. The van der Waals surface area contributed by atoms with Crippen LogP contribution in [0.2, 0.25) is 0 Å². The first-order valence-electron chi connectivity index (χ1n) is 12.3. The van der Waals surface area contributed by atoms with Crippen molar-refractivity contribution in [1.29, 1.82) is 0 Å². The van der Waals surface area contributed by atoms with E-state index in [9.17, 15) is 14.7 Å². The van der Waals surface area contributed by atoms with Crippen LogP contribution in [0.25, 0.3) is 22.2 Å². The van der Waals surface area contributed by atoms with Crippen LogP contribution in [0.3, 0.4) is 0 Å². The molecule has 184 valence electrons. The van der Waals surface area contributed by atoms with Crippen molar-refractivity contribution in [3.63, 3.8) is 0 Å². The smallest absolute Gasteiger partial charge is 0.407 e. The summed E-state index contributed by atoms with van der Waals surface area (Å²) in [6, 6.07) is 7.95. The van der Waals surface area contributed by atoms with E-state index in [0.717, 1.165) is 57.3 Å². The molecule has 1 fully saturated rings. The van der Waals surface area contributed by atoms with Crippen molar-refractivity contribution < 1.29 is 14.7 Å². The first-order valence-corrected chi connectivity index (χ1v) is 12.3. The molecule has 4 aromatic rings. The van der Waals surface area contributed by atoms with Crippen LogP contribution in [0.15, 0.2) is 42.9 Å². The molecule has 1 saturated heterocycles. The number of carbonyl (C=O) groups is 2. The van der Waals surface area contributed by atoms with Crippen LogP contribution in [0, 0.1) is 6.92 Å². The van der Waals surface area contributed by atoms with Crippen molar-refractivity contribution in [2.75, 3.05) is 13.1 Å². The molecular formula is C27H28N6O3. The Bertz CT molecular complexity index is 1500. The van der Waals surface area contributed by atoms with Gasteiger partial charge in [0.1, 0.15) is 11.3 Å². The summed E-state index contributed by atoms with van der Waals surface area (Å²) in [5.41, 5.74) is 7.65. The lowest BCUT2D eigenvalue weighted by Crippen LogP contribution is -2.38. The van der Waals surface area contributed by atoms with Gasteiger partial charge < -0.3 is 19.9 Å². The van der Waals surface area contributed by atoms with E-state index in [4.69, 9.17) is 0 Å². The third-order valence-corrected chi connectivity index (χ3v) is 7.53. The molecule has 0 saturated carbocycles. The van der Waals surface area contributed by atoms with Crippen molar-refractivity contribution in [3.05, 3.63) is 70.8 Å². The molecule has 5 heterocycles. The maximum atomic E-state index is 13.2. The van der Waals surface area contributed by atoms with E-state index in [0.29, 0.717) is 31.7 Å². The molecule has 9 nitrogen and oxygen atoms in total. The average Bonchev–Trinajstić information content (AvgIpc) is 3.63. The maximum Gasteiger partial charge on any atom is 0.407 e. The number of pyridine rings is 1. The Morgan fingerprint density at radius 3 is 2.81 bits per heavy atom. The summed E-state index contributed by atoms with van der Waals surface area (Å²) >= 11 is 0. The highest BCUT2D eigenvalue weighted by Gasteiger charge is 2.34. The maximum absolute atomic E-state index is 13.2. The predicted octanol–water partition coefficient (Wildman–Crippen LogP) is 4.29. The van der Waals surface area contributed by atoms with Crippen LogP contribution in [-0.4, -0.2) is 59.7 Å². The Labute approximate surface area is 208 Å². The van der Waals surface area contributed by atoms with Gasteiger partial charge in [-0.3, -0.25) is 9.48 Å². The van der Waals surface area contributed by atoms with E-state index in [1.807, 2.05) is 17.3 Å².